The summed E-state index contributed by atoms with van der Waals surface area (Å²) < 4.78 is 10.2. The Morgan fingerprint density at radius 3 is 2.60 bits per heavy atom. The van der Waals surface area contributed by atoms with Crippen LogP contribution >= 0.6 is 11.6 Å². The van der Waals surface area contributed by atoms with Crippen LogP contribution in [0.4, 0.5) is 0 Å². The van der Waals surface area contributed by atoms with Crippen LogP contribution in [0.3, 0.4) is 0 Å². The van der Waals surface area contributed by atoms with Gasteiger partial charge in [0.25, 0.3) is 5.91 Å². The van der Waals surface area contributed by atoms with Gasteiger partial charge in [-0.05, 0) is 36.2 Å². The first-order chi connectivity index (χ1) is 12.0. The van der Waals surface area contributed by atoms with Crippen LogP contribution in [-0.2, 0) is 11.2 Å². The predicted molar refractivity (Wildman–Crippen MR) is 93.6 cm³/mol. The zero-order valence-corrected chi connectivity index (χ0v) is 14.4. The second kappa shape index (κ2) is 8.94. The van der Waals surface area contributed by atoms with Crippen LogP contribution in [0.5, 0.6) is 11.5 Å². The standard InChI is InChI=1S/C18H18ClNO5/c1-24-15-7-6-13(10-16(15)25-11-17(21)22)18(23)20-9-8-12-4-2-3-5-14(12)19/h2-7,10H,8-9,11H2,1H3,(H,20,23)(H,21,22). The highest BCUT2D eigenvalue weighted by Crippen LogP contribution is 2.28. The van der Waals surface area contributed by atoms with Crippen LogP contribution in [0, 0.1) is 0 Å². The maximum atomic E-state index is 12.3. The van der Waals surface area contributed by atoms with Crippen molar-refractivity contribution in [3.63, 3.8) is 0 Å². The molecule has 0 saturated carbocycles. The molecule has 0 bridgehead atoms. The third-order valence-electron chi connectivity index (χ3n) is 3.41. The van der Waals surface area contributed by atoms with E-state index in [0.717, 1.165) is 5.56 Å². The molecule has 2 aromatic carbocycles. The normalized spacial score (nSPS) is 10.2. The van der Waals surface area contributed by atoms with E-state index in [4.69, 9.17) is 26.2 Å². The topological polar surface area (TPSA) is 84.9 Å². The highest BCUT2D eigenvalue weighted by molar-refractivity contribution is 6.31. The largest absolute Gasteiger partial charge is 0.493 e. The van der Waals surface area contributed by atoms with Crippen molar-refractivity contribution >= 4 is 23.5 Å². The van der Waals surface area contributed by atoms with Gasteiger partial charge in [0.05, 0.1) is 7.11 Å². The minimum Gasteiger partial charge on any atom is -0.493 e. The molecule has 7 heteroatoms. The number of halogens is 1. The Hall–Kier alpha value is -2.73. The van der Waals surface area contributed by atoms with Gasteiger partial charge >= 0.3 is 5.97 Å². The molecule has 0 saturated heterocycles. The molecule has 0 fully saturated rings. The molecule has 0 atom stereocenters. The number of methoxy groups -OCH3 is 1. The van der Waals surface area contributed by atoms with E-state index < -0.39 is 12.6 Å². The van der Waals surface area contributed by atoms with Crippen molar-refractivity contribution in [3.8, 4) is 11.5 Å². The van der Waals surface area contributed by atoms with Crippen molar-refractivity contribution < 1.29 is 24.2 Å². The van der Waals surface area contributed by atoms with Gasteiger partial charge in [-0.2, -0.15) is 0 Å². The van der Waals surface area contributed by atoms with Crippen LogP contribution in [0.25, 0.3) is 0 Å². The summed E-state index contributed by atoms with van der Waals surface area (Å²) in [5, 5.41) is 12.2. The molecule has 132 valence electrons. The van der Waals surface area contributed by atoms with Crippen molar-refractivity contribution in [3.05, 3.63) is 58.6 Å². The third kappa shape index (κ3) is 5.39. The minimum absolute atomic E-state index is 0.198. The summed E-state index contributed by atoms with van der Waals surface area (Å²) in [4.78, 5) is 22.9. The zero-order chi connectivity index (χ0) is 18.2. The van der Waals surface area contributed by atoms with Crippen molar-refractivity contribution in [2.45, 2.75) is 6.42 Å². The summed E-state index contributed by atoms with van der Waals surface area (Å²) >= 11 is 6.08. The second-order valence-electron chi connectivity index (χ2n) is 5.15. The van der Waals surface area contributed by atoms with Crippen LogP contribution in [0.2, 0.25) is 5.02 Å². The first-order valence-electron chi connectivity index (χ1n) is 7.55. The number of carboxylic acid groups (broad SMARTS) is 1. The molecular weight excluding hydrogens is 346 g/mol. The van der Waals surface area contributed by atoms with Crippen molar-refractivity contribution in [1.82, 2.24) is 5.32 Å². The van der Waals surface area contributed by atoms with E-state index in [1.54, 1.807) is 18.2 Å². The number of carbonyl (C=O) groups is 2. The van der Waals surface area contributed by atoms with Gasteiger partial charge in [0.2, 0.25) is 0 Å². The van der Waals surface area contributed by atoms with E-state index in [-0.39, 0.29) is 11.7 Å². The number of rotatable bonds is 8. The molecule has 6 nitrogen and oxygen atoms in total. The second-order valence-corrected chi connectivity index (χ2v) is 5.55. The minimum atomic E-state index is -1.11. The zero-order valence-electron chi connectivity index (χ0n) is 13.6. The van der Waals surface area contributed by atoms with E-state index in [1.807, 2.05) is 18.2 Å². The van der Waals surface area contributed by atoms with Crippen molar-refractivity contribution in [2.24, 2.45) is 0 Å². The predicted octanol–water partition coefficient (Wildman–Crippen LogP) is 2.78. The Bertz CT molecular complexity index is 763. The summed E-state index contributed by atoms with van der Waals surface area (Å²) in [5.41, 5.74) is 1.30. The van der Waals surface area contributed by atoms with Crippen LogP contribution in [-0.4, -0.2) is 37.2 Å². The van der Waals surface area contributed by atoms with Gasteiger partial charge in [-0.3, -0.25) is 4.79 Å². The van der Waals surface area contributed by atoms with Crippen LogP contribution in [0.1, 0.15) is 15.9 Å². The van der Waals surface area contributed by atoms with Crippen LogP contribution < -0.4 is 14.8 Å². The smallest absolute Gasteiger partial charge is 0.341 e. The number of hydrogen-bond donors (Lipinski definition) is 2. The number of ether oxygens (including phenoxy) is 2. The average Bonchev–Trinajstić information content (AvgIpc) is 2.61. The van der Waals surface area contributed by atoms with Gasteiger partial charge in [0.15, 0.2) is 18.1 Å². The highest BCUT2D eigenvalue weighted by Gasteiger charge is 2.12. The Morgan fingerprint density at radius 1 is 1.16 bits per heavy atom. The Labute approximate surface area is 150 Å². The van der Waals surface area contributed by atoms with Crippen LogP contribution in [0.15, 0.2) is 42.5 Å². The number of benzene rings is 2. The molecule has 2 rings (SSSR count). The fourth-order valence-electron chi connectivity index (χ4n) is 2.18. The molecule has 0 aliphatic rings. The third-order valence-corrected chi connectivity index (χ3v) is 3.78. The summed E-state index contributed by atoms with van der Waals surface area (Å²) in [7, 11) is 1.44. The maximum absolute atomic E-state index is 12.3. The van der Waals surface area contributed by atoms with Gasteiger partial charge in [-0.25, -0.2) is 4.79 Å². The molecule has 0 spiro atoms. The Kier molecular flexibility index (Phi) is 6.65. The summed E-state index contributed by atoms with van der Waals surface area (Å²) in [6.07, 6.45) is 0.601. The maximum Gasteiger partial charge on any atom is 0.341 e. The fourth-order valence-corrected chi connectivity index (χ4v) is 2.41. The lowest BCUT2D eigenvalue weighted by molar-refractivity contribution is -0.139. The summed E-state index contributed by atoms with van der Waals surface area (Å²) in [5.74, 6) is -0.857. The lowest BCUT2D eigenvalue weighted by atomic mass is 10.1. The van der Waals surface area contributed by atoms with Gasteiger partial charge in [0.1, 0.15) is 0 Å². The highest BCUT2D eigenvalue weighted by atomic mass is 35.5. The lowest BCUT2D eigenvalue weighted by Crippen LogP contribution is -2.25. The molecule has 25 heavy (non-hydrogen) atoms. The number of nitrogens with one attached hydrogen (secondary N) is 1. The number of hydrogen-bond acceptors (Lipinski definition) is 4. The molecule has 1 amide bonds. The monoisotopic (exact) mass is 363 g/mol. The Morgan fingerprint density at radius 2 is 1.92 bits per heavy atom. The van der Waals surface area contributed by atoms with Gasteiger partial charge < -0.3 is 19.9 Å². The number of carbonyl (C=O) groups excluding carboxylic acids is 1. The first kappa shape index (κ1) is 18.6. The van der Waals surface area contributed by atoms with Gasteiger partial charge in [0, 0.05) is 17.1 Å². The number of aliphatic carboxylic acids is 1. The molecule has 2 aromatic rings. The summed E-state index contributed by atoms with van der Waals surface area (Å²) in [6.45, 7) is -0.103. The SMILES string of the molecule is COc1ccc(C(=O)NCCc2ccccc2Cl)cc1OCC(=O)O. The van der Waals surface area contributed by atoms with Crippen molar-refractivity contribution in [2.75, 3.05) is 20.3 Å². The Balaban J connectivity index is 1.99. The molecular formula is C18H18ClNO5. The first-order valence-corrected chi connectivity index (χ1v) is 7.93. The quantitative estimate of drug-likeness (QED) is 0.753. The van der Waals surface area contributed by atoms with Gasteiger partial charge in [-0.1, -0.05) is 29.8 Å². The molecule has 0 aliphatic heterocycles. The van der Waals surface area contributed by atoms with E-state index >= 15 is 0 Å². The lowest BCUT2D eigenvalue weighted by Gasteiger charge is -2.11. The van der Waals surface area contributed by atoms with Crippen molar-refractivity contribution in [1.29, 1.82) is 0 Å². The number of carboxylic acids is 1. The molecule has 0 radical (unpaired) electrons. The summed E-state index contributed by atoms with van der Waals surface area (Å²) in [6, 6.07) is 12.0. The molecule has 0 aliphatic carbocycles. The molecule has 0 heterocycles. The molecule has 0 unspecified atom stereocenters. The van der Waals surface area contributed by atoms with E-state index in [9.17, 15) is 9.59 Å². The average molecular weight is 364 g/mol. The van der Waals surface area contributed by atoms with Gasteiger partial charge in [-0.15, -0.1) is 0 Å². The van der Waals surface area contributed by atoms with E-state index in [2.05, 4.69) is 5.32 Å². The van der Waals surface area contributed by atoms with E-state index in [0.29, 0.717) is 29.3 Å². The van der Waals surface area contributed by atoms with E-state index in [1.165, 1.54) is 13.2 Å². The molecule has 2 N–H and O–H groups in total. The number of amides is 1. The fraction of sp³-hybridized carbons (Fsp3) is 0.222. The molecule has 0 aromatic heterocycles.